The fourth-order valence-corrected chi connectivity index (χ4v) is 3.27. The quantitative estimate of drug-likeness (QED) is 0.549. The molecule has 0 saturated heterocycles. The monoisotopic (exact) mass is 188 g/mol. The number of benzene rings is 1. The lowest BCUT2D eigenvalue weighted by molar-refractivity contribution is 0.670. The summed E-state index contributed by atoms with van der Waals surface area (Å²) in [6, 6.07) is 10.4. The molecule has 0 fully saturated rings. The van der Waals surface area contributed by atoms with Crippen LogP contribution < -0.4 is 5.19 Å². The standard InChI is InChI=1S/C12H16Si/c1-2-6-10-13-12-9-5-4-8-11(12)7-3-1/h4-5,8-9H,1-3,6-7,10H2. The summed E-state index contributed by atoms with van der Waals surface area (Å²) >= 11 is 0. The van der Waals surface area contributed by atoms with Crippen molar-refractivity contribution in [2.24, 2.45) is 0 Å². The van der Waals surface area contributed by atoms with E-state index in [0.29, 0.717) is 0 Å². The molecular weight excluding hydrogens is 172 g/mol. The summed E-state index contributed by atoms with van der Waals surface area (Å²) in [4.78, 5) is 0. The lowest BCUT2D eigenvalue weighted by Gasteiger charge is -2.05. The van der Waals surface area contributed by atoms with E-state index in [1.54, 1.807) is 10.8 Å². The first-order chi connectivity index (χ1) is 6.47. The third-order valence-electron chi connectivity index (χ3n) is 2.71. The minimum atomic E-state index is 1.06. The summed E-state index contributed by atoms with van der Waals surface area (Å²) in [6.07, 6.45) is 7.01. The molecule has 1 aromatic carbocycles. The Balaban J connectivity index is 2.17. The summed E-state index contributed by atoms with van der Waals surface area (Å²) in [5.74, 6) is 0. The highest BCUT2D eigenvalue weighted by Gasteiger charge is 2.04. The molecule has 0 aliphatic carbocycles. The summed E-state index contributed by atoms with van der Waals surface area (Å²) in [6.45, 7) is 0. The SMILES string of the molecule is c1ccc2c(c1)CCCCCC[Si]2. The Morgan fingerprint density at radius 1 is 0.923 bits per heavy atom. The van der Waals surface area contributed by atoms with E-state index >= 15 is 0 Å². The molecule has 0 bridgehead atoms. The van der Waals surface area contributed by atoms with Gasteiger partial charge in [-0.2, -0.15) is 0 Å². The molecule has 0 N–H and O–H groups in total. The van der Waals surface area contributed by atoms with Crippen LogP contribution in [-0.2, 0) is 6.42 Å². The average Bonchev–Trinajstić information content (AvgIpc) is 2.28. The molecule has 1 heteroatoms. The van der Waals surface area contributed by atoms with Crippen molar-refractivity contribution in [3.8, 4) is 0 Å². The second kappa shape index (κ2) is 4.61. The highest BCUT2D eigenvalue weighted by Crippen LogP contribution is 2.10. The second-order valence-electron chi connectivity index (χ2n) is 3.75. The van der Waals surface area contributed by atoms with Crippen molar-refractivity contribution < 1.29 is 0 Å². The maximum Gasteiger partial charge on any atom is 0.0811 e. The molecule has 0 saturated carbocycles. The largest absolute Gasteiger partial charge is 0.0811 e. The first-order valence-electron chi connectivity index (χ1n) is 5.28. The highest BCUT2D eigenvalue weighted by atomic mass is 28.2. The molecule has 0 nitrogen and oxygen atoms in total. The Kier molecular flexibility index (Phi) is 3.20. The van der Waals surface area contributed by atoms with Crippen LogP contribution in [0.4, 0.5) is 0 Å². The van der Waals surface area contributed by atoms with Crippen LogP contribution in [0, 0.1) is 0 Å². The van der Waals surface area contributed by atoms with Gasteiger partial charge in [-0.25, -0.2) is 0 Å². The predicted octanol–water partition coefficient (Wildman–Crippen LogP) is 2.55. The molecule has 0 aromatic heterocycles. The third-order valence-corrected chi connectivity index (χ3v) is 4.18. The van der Waals surface area contributed by atoms with E-state index in [9.17, 15) is 0 Å². The maximum atomic E-state index is 2.32. The van der Waals surface area contributed by atoms with Crippen LogP contribution in [0.2, 0.25) is 6.04 Å². The minimum absolute atomic E-state index is 1.06. The van der Waals surface area contributed by atoms with Gasteiger partial charge in [-0.05, 0) is 18.4 Å². The molecule has 68 valence electrons. The van der Waals surface area contributed by atoms with Crippen LogP contribution in [0.3, 0.4) is 0 Å². The number of fused-ring (bicyclic) bond motifs is 1. The summed E-state index contributed by atoms with van der Waals surface area (Å²) in [5.41, 5.74) is 1.61. The Morgan fingerprint density at radius 3 is 2.77 bits per heavy atom. The zero-order valence-corrected chi connectivity index (χ0v) is 9.05. The van der Waals surface area contributed by atoms with Crippen molar-refractivity contribution in [2.75, 3.05) is 0 Å². The van der Waals surface area contributed by atoms with Crippen molar-refractivity contribution in [3.05, 3.63) is 29.8 Å². The van der Waals surface area contributed by atoms with Gasteiger partial charge in [0.25, 0.3) is 0 Å². The Morgan fingerprint density at radius 2 is 1.77 bits per heavy atom. The Bertz CT molecular complexity index is 241. The molecule has 1 aliphatic heterocycles. The van der Waals surface area contributed by atoms with E-state index in [2.05, 4.69) is 24.3 Å². The molecule has 1 aromatic rings. The van der Waals surface area contributed by atoms with Crippen LogP contribution >= 0.6 is 0 Å². The highest BCUT2D eigenvalue weighted by molar-refractivity contribution is 6.54. The van der Waals surface area contributed by atoms with Gasteiger partial charge in [-0.15, -0.1) is 0 Å². The minimum Gasteiger partial charge on any atom is -0.0633 e. The van der Waals surface area contributed by atoms with Gasteiger partial charge in [0.15, 0.2) is 0 Å². The van der Waals surface area contributed by atoms with E-state index in [0.717, 1.165) is 9.52 Å². The van der Waals surface area contributed by atoms with Crippen molar-refractivity contribution in [2.45, 2.75) is 38.1 Å². The first kappa shape index (κ1) is 9.01. The topological polar surface area (TPSA) is 0 Å². The van der Waals surface area contributed by atoms with Gasteiger partial charge in [0.05, 0.1) is 9.52 Å². The van der Waals surface area contributed by atoms with E-state index in [-0.39, 0.29) is 0 Å². The number of aryl methyl sites for hydroxylation is 1. The van der Waals surface area contributed by atoms with Crippen LogP contribution in [0.5, 0.6) is 0 Å². The normalized spacial score (nSPS) is 18.2. The van der Waals surface area contributed by atoms with E-state index in [4.69, 9.17) is 0 Å². The molecule has 0 atom stereocenters. The fourth-order valence-electron chi connectivity index (χ4n) is 1.93. The molecule has 2 rings (SSSR count). The molecule has 1 aliphatic rings. The van der Waals surface area contributed by atoms with Crippen molar-refractivity contribution in [1.29, 1.82) is 0 Å². The number of rotatable bonds is 0. The van der Waals surface area contributed by atoms with Crippen molar-refractivity contribution >= 4 is 14.7 Å². The molecule has 1 heterocycles. The van der Waals surface area contributed by atoms with Crippen molar-refractivity contribution in [1.82, 2.24) is 0 Å². The number of hydrogen-bond donors (Lipinski definition) is 0. The van der Waals surface area contributed by atoms with Gasteiger partial charge in [0.1, 0.15) is 0 Å². The van der Waals surface area contributed by atoms with Gasteiger partial charge >= 0.3 is 0 Å². The van der Waals surface area contributed by atoms with Gasteiger partial charge < -0.3 is 0 Å². The lowest BCUT2D eigenvalue weighted by atomic mass is 10.1. The van der Waals surface area contributed by atoms with Gasteiger partial charge in [0.2, 0.25) is 0 Å². The van der Waals surface area contributed by atoms with Crippen LogP contribution in [0.25, 0.3) is 0 Å². The zero-order chi connectivity index (χ0) is 8.93. The first-order valence-corrected chi connectivity index (χ1v) is 6.49. The van der Waals surface area contributed by atoms with Crippen LogP contribution in [0.15, 0.2) is 24.3 Å². The Hall–Kier alpha value is -0.563. The van der Waals surface area contributed by atoms with Crippen LogP contribution in [-0.4, -0.2) is 9.52 Å². The van der Waals surface area contributed by atoms with Gasteiger partial charge in [-0.3, -0.25) is 0 Å². The molecule has 0 unspecified atom stereocenters. The summed E-state index contributed by atoms with van der Waals surface area (Å²) in [5, 5.41) is 1.63. The second-order valence-corrected chi connectivity index (χ2v) is 5.14. The maximum absolute atomic E-state index is 2.32. The smallest absolute Gasteiger partial charge is 0.0633 e. The van der Waals surface area contributed by atoms with E-state index in [1.807, 2.05) is 0 Å². The fraction of sp³-hybridized carbons (Fsp3) is 0.500. The van der Waals surface area contributed by atoms with E-state index in [1.165, 1.54) is 38.1 Å². The molecule has 0 spiro atoms. The number of hydrogen-bond acceptors (Lipinski definition) is 0. The van der Waals surface area contributed by atoms with E-state index < -0.39 is 0 Å². The molecule has 2 radical (unpaired) electrons. The molecule has 13 heavy (non-hydrogen) atoms. The van der Waals surface area contributed by atoms with Gasteiger partial charge in [-0.1, -0.05) is 54.8 Å². The predicted molar refractivity (Wildman–Crippen MR) is 58.8 cm³/mol. The molecular formula is C12H16Si. The summed E-state index contributed by atoms with van der Waals surface area (Å²) < 4.78 is 0. The molecule has 0 amide bonds. The lowest BCUT2D eigenvalue weighted by Crippen LogP contribution is -2.18. The summed E-state index contributed by atoms with van der Waals surface area (Å²) in [7, 11) is 1.06. The van der Waals surface area contributed by atoms with Crippen molar-refractivity contribution in [3.63, 3.8) is 0 Å². The Labute approximate surface area is 83.2 Å². The third kappa shape index (κ3) is 2.44. The average molecular weight is 188 g/mol. The van der Waals surface area contributed by atoms with Gasteiger partial charge in [0, 0.05) is 0 Å². The zero-order valence-electron chi connectivity index (χ0n) is 8.05. The van der Waals surface area contributed by atoms with Crippen LogP contribution in [0.1, 0.15) is 31.2 Å².